The smallest absolute Gasteiger partial charge is 0.321 e. The first-order valence-electron chi connectivity index (χ1n) is 8.42. The average Bonchev–Trinajstić information content (AvgIpc) is 3.21. The number of fused-ring (bicyclic) bond motifs is 1. The van der Waals surface area contributed by atoms with Gasteiger partial charge >= 0.3 is 6.03 Å². The van der Waals surface area contributed by atoms with Crippen molar-refractivity contribution in [2.75, 3.05) is 5.75 Å². The first kappa shape index (κ1) is 19.4. The fourth-order valence-corrected chi connectivity index (χ4v) is 3.27. The second kappa shape index (κ2) is 9.05. The summed E-state index contributed by atoms with van der Waals surface area (Å²) in [6.45, 7) is 4.10. The molecule has 0 aliphatic heterocycles. The second-order valence-electron chi connectivity index (χ2n) is 5.71. The van der Waals surface area contributed by atoms with E-state index in [1.165, 1.54) is 10.8 Å². The maximum absolute atomic E-state index is 12.6. The maximum Gasteiger partial charge on any atom is 0.321 e. The number of nitrogens with zero attached hydrogens (tertiary/aromatic N) is 2. The van der Waals surface area contributed by atoms with Gasteiger partial charge in [-0.15, -0.1) is 6.58 Å². The lowest BCUT2D eigenvalue weighted by atomic mass is 10.2. The van der Waals surface area contributed by atoms with Crippen LogP contribution in [0.2, 0.25) is 0 Å². The van der Waals surface area contributed by atoms with Crippen LogP contribution in [0.15, 0.2) is 69.7 Å². The third-order valence-electron chi connectivity index (χ3n) is 3.73. The Kier molecular flexibility index (Phi) is 6.28. The molecular weight excluding hydrogens is 380 g/mol. The van der Waals surface area contributed by atoms with Crippen molar-refractivity contribution < 1.29 is 14.0 Å². The summed E-state index contributed by atoms with van der Waals surface area (Å²) < 4.78 is 6.55. The van der Waals surface area contributed by atoms with Crippen molar-refractivity contribution in [3.05, 3.63) is 71.4 Å². The SMILES string of the molecule is C=CCn1c(SCC(=O)NC(=O)NCc2ccco2)nc2ccccc2c1=O. The lowest BCUT2D eigenvalue weighted by Crippen LogP contribution is -2.40. The number of allylic oxidation sites excluding steroid dienone is 1. The van der Waals surface area contributed by atoms with Gasteiger partial charge in [-0.3, -0.25) is 19.5 Å². The molecule has 3 amide bonds. The number of aromatic nitrogens is 2. The number of rotatable bonds is 7. The zero-order valence-corrected chi connectivity index (χ0v) is 15.7. The molecule has 0 fully saturated rings. The molecule has 0 atom stereocenters. The number of nitrogens with one attached hydrogen (secondary N) is 2. The van der Waals surface area contributed by atoms with Gasteiger partial charge < -0.3 is 9.73 Å². The molecule has 9 heteroatoms. The Labute approximate surface area is 164 Å². The van der Waals surface area contributed by atoms with Gasteiger partial charge in [-0.2, -0.15) is 0 Å². The predicted molar refractivity (Wildman–Crippen MR) is 106 cm³/mol. The second-order valence-corrected chi connectivity index (χ2v) is 6.66. The summed E-state index contributed by atoms with van der Waals surface area (Å²) in [7, 11) is 0. The quantitative estimate of drug-likeness (QED) is 0.359. The van der Waals surface area contributed by atoms with E-state index < -0.39 is 11.9 Å². The number of carbonyl (C=O) groups is 2. The van der Waals surface area contributed by atoms with Gasteiger partial charge in [0.15, 0.2) is 5.16 Å². The van der Waals surface area contributed by atoms with E-state index in [2.05, 4.69) is 22.2 Å². The Morgan fingerprint density at radius 2 is 2.07 bits per heavy atom. The highest BCUT2D eigenvalue weighted by Gasteiger charge is 2.14. The fourth-order valence-electron chi connectivity index (χ4n) is 2.47. The number of hydrogen-bond donors (Lipinski definition) is 2. The van der Waals surface area contributed by atoms with Crippen molar-refractivity contribution in [2.24, 2.45) is 0 Å². The molecule has 0 saturated heterocycles. The molecule has 144 valence electrons. The zero-order valence-electron chi connectivity index (χ0n) is 14.9. The van der Waals surface area contributed by atoms with E-state index in [0.717, 1.165) is 11.8 Å². The van der Waals surface area contributed by atoms with Crippen LogP contribution in [0.5, 0.6) is 0 Å². The normalized spacial score (nSPS) is 10.6. The number of para-hydroxylation sites is 1. The van der Waals surface area contributed by atoms with E-state index in [0.29, 0.717) is 21.8 Å². The predicted octanol–water partition coefficient (Wildman–Crippen LogP) is 2.29. The van der Waals surface area contributed by atoms with Gasteiger partial charge in [-0.25, -0.2) is 9.78 Å². The molecule has 0 spiro atoms. The number of furan rings is 1. The van der Waals surface area contributed by atoms with E-state index in [1.807, 2.05) is 0 Å². The number of thioether (sulfide) groups is 1. The van der Waals surface area contributed by atoms with Crippen molar-refractivity contribution >= 4 is 34.6 Å². The highest BCUT2D eigenvalue weighted by atomic mass is 32.2. The van der Waals surface area contributed by atoms with E-state index >= 15 is 0 Å². The van der Waals surface area contributed by atoms with Gasteiger partial charge in [0, 0.05) is 6.54 Å². The summed E-state index contributed by atoms with van der Waals surface area (Å²) in [6, 6.07) is 9.79. The van der Waals surface area contributed by atoms with Crippen molar-refractivity contribution in [3.8, 4) is 0 Å². The number of hydrogen-bond acceptors (Lipinski definition) is 6. The average molecular weight is 398 g/mol. The van der Waals surface area contributed by atoms with Crippen molar-refractivity contribution in [2.45, 2.75) is 18.2 Å². The lowest BCUT2D eigenvalue weighted by molar-refractivity contribution is -0.117. The molecule has 0 saturated carbocycles. The van der Waals surface area contributed by atoms with Crippen LogP contribution in [0.4, 0.5) is 4.79 Å². The number of imide groups is 1. The van der Waals surface area contributed by atoms with Gasteiger partial charge in [0.25, 0.3) is 5.56 Å². The number of urea groups is 1. The number of benzene rings is 1. The van der Waals surface area contributed by atoms with Crippen molar-refractivity contribution in [1.29, 1.82) is 0 Å². The van der Waals surface area contributed by atoms with Gasteiger partial charge in [0.05, 0.1) is 29.5 Å². The molecule has 3 aromatic rings. The largest absolute Gasteiger partial charge is 0.467 e. The molecule has 2 aromatic heterocycles. The molecule has 3 rings (SSSR count). The van der Waals surface area contributed by atoms with Crippen LogP contribution in [0, 0.1) is 0 Å². The molecule has 0 aliphatic rings. The molecular formula is C19H18N4O4S. The molecule has 0 aliphatic carbocycles. The minimum absolute atomic E-state index is 0.0733. The molecule has 8 nitrogen and oxygen atoms in total. The van der Waals surface area contributed by atoms with Crippen LogP contribution in [0.25, 0.3) is 10.9 Å². The molecule has 28 heavy (non-hydrogen) atoms. The first-order valence-corrected chi connectivity index (χ1v) is 9.40. The minimum atomic E-state index is -0.628. The molecule has 2 N–H and O–H groups in total. The third-order valence-corrected chi connectivity index (χ3v) is 4.70. The molecule has 2 heterocycles. The fraction of sp³-hybridized carbons (Fsp3) is 0.158. The van der Waals surface area contributed by atoms with E-state index in [9.17, 15) is 14.4 Å². The van der Waals surface area contributed by atoms with Gasteiger partial charge in [-0.1, -0.05) is 30.0 Å². The van der Waals surface area contributed by atoms with Gasteiger partial charge in [0.1, 0.15) is 5.76 Å². The summed E-state index contributed by atoms with van der Waals surface area (Å²) in [6.07, 6.45) is 3.08. The van der Waals surface area contributed by atoms with Gasteiger partial charge in [-0.05, 0) is 24.3 Å². The van der Waals surface area contributed by atoms with Crippen molar-refractivity contribution in [3.63, 3.8) is 0 Å². The summed E-state index contributed by atoms with van der Waals surface area (Å²) >= 11 is 1.08. The monoisotopic (exact) mass is 398 g/mol. The Morgan fingerprint density at radius 3 is 2.82 bits per heavy atom. The standard InChI is InChI=1S/C19H18N4O4S/c1-2-9-23-17(25)14-7-3-4-8-15(14)21-19(23)28-12-16(24)22-18(26)20-11-13-6-5-10-27-13/h2-8,10H,1,9,11-12H2,(H2,20,22,24,26). The Bertz CT molecular complexity index is 1060. The number of carbonyl (C=O) groups excluding carboxylic acids is 2. The lowest BCUT2D eigenvalue weighted by Gasteiger charge is -2.11. The van der Waals surface area contributed by atoms with Crippen molar-refractivity contribution in [1.82, 2.24) is 20.2 Å². The first-order chi connectivity index (χ1) is 13.6. The summed E-state index contributed by atoms with van der Waals surface area (Å²) in [5, 5.41) is 5.63. The van der Waals surface area contributed by atoms with Crippen LogP contribution >= 0.6 is 11.8 Å². The third kappa shape index (κ3) is 4.68. The van der Waals surface area contributed by atoms with E-state index in [1.54, 1.807) is 42.5 Å². The van der Waals surface area contributed by atoms with Gasteiger partial charge in [0.2, 0.25) is 5.91 Å². The molecule has 0 bridgehead atoms. The Morgan fingerprint density at radius 1 is 1.25 bits per heavy atom. The highest BCUT2D eigenvalue weighted by molar-refractivity contribution is 7.99. The minimum Gasteiger partial charge on any atom is -0.467 e. The maximum atomic E-state index is 12.6. The van der Waals surface area contributed by atoms with Crippen LogP contribution in [0.3, 0.4) is 0 Å². The number of amides is 3. The summed E-state index contributed by atoms with van der Waals surface area (Å²) in [5.74, 6) is -0.00361. The molecule has 0 radical (unpaired) electrons. The Balaban J connectivity index is 1.64. The topological polar surface area (TPSA) is 106 Å². The molecule has 0 unspecified atom stereocenters. The summed E-state index contributed by atoms with van der Waals surface area (Å²) in [5.41, 5.74) is 0.344. The highest BCUT2D eigenvalue weighted by Crippen LogP contribution is 2.17. The van der Waals surface area contributed by atoms with Crippen LogP contribution in [0.1, 0.15) is 5.76 Å². The molecule has 1 aromatic carbocycles. The zero-order chi connectivity index (χ0) is 19.9. The van der Waals surface area contributed by atoms with Crippen LogP contribution < -0.4 is 16.2 Å². The summed E-state index contributed by atoms with van der Waals surface area (Å²) in [4.78, 5) is 40.9. The Hall–Kier alpha value is -3.33. The van der Waals surface area contributed by atoms with E-state index in [-0.39, 0.29) is 24.4 Å². The van der Waals surface area contributed by atoms with Crippen LogP contribution in [-0.2, 0) is 17.9 Å². The van der Waals surface area contributed by atoms with Crippen LogP contribution in [-0.4, -0.2) is 27.2 Å². The van der Waals surface area contributed by atoms with E-state index in [4.69, 9.17) is 4.42 Å².